The number of likely N-dealkylation sites (N-methyl/N-ethyl adjacent to an activating group) is 1. The van der Waals surface area contributed by atoms with Crippen molar-refractivity contribution in [1.82, 2.24) is 14.8 Å². The predicted octanol–water partition coefficient (Wildman–Crippen LogP) is 4.88. The van der Waals surface area contributed by atoms with Gasteiger partial charge in [0.2, 0.25) is 5.60 Å². The van der Waals surface area contributed by atoms with E-state index in [-0.39, 0.29) is 17.9 Å². The minimum absolute atomic E-state index is 0.184. The molecule has 6 aliphatic rings. The number of ether oxygens (including phenoxy) is 4. The quantitative estimate of drug-likeness (QED) is 0.193. The van der Waals surface area contributed by atoms with E-state index >= 15 is 4.79 Å². The summed E-state index contributed by atoms with van der Waals surface area (Å²) in [5.74, 6) is -0.578. The van der Waals surface area contributed by atoms with Crippen LogP contribution >= 0.6 is 0 Å². The number of para-hydroxylation sites is 1. The molecule has 310 valence electrons. The number of piperidine rings is 1. The minimum atomic E-state index is -2.27. The van der Waals surface area contributed by atoms with Gasteiger partial charge in [-0.15, -0.1) is 0 Å². The van der Waals surface area contributed by atoms with Crippen LogP contribution in [0.3, 0.4) is 0 Å². The second kappa shape index (κ2) is 13.8. The molecule has 1 spiro atoms. The zero-order valence-corrected chi connectivity index (χ0v) is 34.9. The standard InChI is InChI=1S/C46H58N4O8/c1-8-28-21-29-24-45(41(52)56-6,37-31(15-19-49(25-28)26-29)30-13-10-11-14-34(30)47-37)33-22-32-35(23-36(33)55-5)48(4)39-44(32)17-20-50-18-12-16-43(9-2,38(44)50)40(58-27(3)51)46(39,54)42(53)57-7/h10-14,16,22-23,28-29,38-40,47,54H,8-9,15,17-21,24-26H2,1-7H3/t28-,29?,38+,39-,40-,43?,44-,45?,46+/m1/s1. The van der Waals surface area contributed by atoms with Crippen LogP contribution in [0, 0.1) is 17.3 Å². The van der Waals surface area contributed by atoms with Crippen LogP contribution in [0.1, 0.15) is 75.3 Å². The van der Waals surface area contributed by atoms with Crippen molar-refractivity contribution in [3.05, 3.63) is 70.9 Å². The summed E-state index contributed by atoms with van der Waals surface area (Å²) in [6.07, 6.45) is 7.33. The molecular formula is C46H58N4O8. The van der Waals surface area contributed by atoms with E-state index in [1.54, 1.807) is 7.11 Å². The highest BCUT2D eigenvalue weighted by Gasteiger charge is 2.80. The van der Waals surface area contributed by atoms with Crippen molar-refractivity contribution in [3.8, 4) is 5.75 Å². The number of rotatable bonds is 7. The Labute approximate surface area is 340 Å². The van der Waals surface area contributed by atoms with E-state index in [4.69, 9.17) is 18.9 Å². The van der Waals surface area contributed by atoms with Crippen LogP contribution in [-0.2, 0) is 45.8 Å². The molecule has 9 rings (SSSR count). The molecule has 2 saturated heterocycles. The fourth-order valence-electron chi connectivity index (χ4n) is 13.5. The number of fused-ring (bicyclic) bond motifs is 6. The van der Waals surface area contributed by atoms with Crippen LogP contribution in [0.5, 0.6) is 5.75 Å². The number of hydrogen-bond donors (Lipinski definition) is 2. The highest BCUT2D eigenvalue weighted by atomic mass is 16.6. The van der Waals surface area contributed by atoms with Gasteiger partial charge in [0.05, 0.1) is 27.4 Å². The monoisotopic (exact) mass is 794 g/mol. The molecule has 0 radical (unpaired) electrons. The van der Waals surface area contributed by atoms with Crippen molar-refractivity contribution in [2.45, 2.75) is 93.9 Å². The van der Waals surface area contributed by atoms with Crippen molar-refractivity contribution < 1.29 is 38.4 Å². The Morgan fingerprint density at radius 1 is 0.983 bits per heavy atom. The minimum Gasteiger partial charge on any atom is -0.496 e. The summed E-state index contributed by atoms with van der Waals surface area (Å²) in [4.78, 5) is 53.5. The largest absolute Gasteiger partial charge is 0.496 e. The number of carbonyl (C=O) groups excluding carboxylic acids is 3. The fraction of sp³-hybridized carbons (Fsp3) is 0.587. The summed E-state index contributed by atoms with van der Waals surface area (Å²) < 4.78 is 24.0. The third-order valence-electron chi connectivity index (χ3n) is 15.5. The van der Waals surface area contributed by atoms with Gasteiger partial charge in [0.1, 0.15) is 11.2 Å². The van der Waals surface area contributed by atoms with E-state index < -0.39 is 45.9 Å². The first kappa shape index (κ1) is 39.1. The molecule has 12 heteroatoms. The van der Waals surface area contributed by atoms with E-state index in [0.29, 0.717) is 49.6 Å². The number of esters is 3. The Balaban J connectivity index is 1.36. The van der Waals surface area contributed by atoms with Crippen molar-refractivity contribution in [3.63, 3.8) is 0 Å². The number of anilines is 1. The lowest BCUT2D eigenvalue weighted by molar-refractivity contribution is -0.228. The fourth-order valence-corrected chi connectivity index (χ4v) is 13.5. The lowest BCUT2D eigenvalue weighted by Crippen LogP contribution is -2.81. The van der Waals surface area contributed by atoms with E-state index in [1.165, 1.54) is 21.1 Å². The van der Waals surface area contributed by atoms with Crippen LogP contribution in [0.15, 0.2) is 48.6 Å². The number of aliphatic hydroxyl groups is 1. The topological polar surface area (TPSA) is 134 Å². The summed E-state index contributed by atoms with van der Waals surface area (Å²) in [6.45, 7) is 9.79. The van der Waals surface area contributed by atoms with Gasteiger partial charge < -0.3 is 38.8 Å². The average Bonchev–Trinajstić information content (AvgIpc) is 3.89. The average molecular weight is 795 g/mol. The molecule has 0 amide bonds. The van der Waals surface area contributed by atoms with E-state index in [2.05, 4.69) is 58.1 Å². The third-order valence-corrected chi connectivity index (χ3v) is 15.5. The number of aromatic amines is 1. The Bertz CT molecular complexity index is 2200. The van der Waals surface area contributed by atoms with Crippen molar-refractivity contribution in [2.75, 3.05) is 66.0 Å². The smallest absolute Gasteiger partial charge is 0.344 e. The number of carbonyl (C=O) groups is 3. The molecule has 3 fully saturated rings. The van der Waals surface area contributed by atoms with Gasteiger partial charge in [0, 0.05) is 90.9 Å². The molecule has 2 bridgehead atoms. The van der Waals surface area contributed by atoms with Crippen LogP contribution in [0.2, 0.25) is 0 Å². The molecule has 1 aromatic heterocycles. The molecule has 10 atom stereocenters. The molecule has 58 heavy (non-hydrogen) atoms. The molecule has 1 saturated carbocycles. The zero-order chi connectivity index (χ0) is 40.9. The van der Waals surface area contributed by atoms with E-state index in [0.717, 1.165) is 72.3 Å². The van der Waals surface area contributed by atoms with E-state index in [1.807, 2.05) is 31.0 Å². The molecule has 4 unspecified atom stereocenters. The number of methoxy groups -OCH3 is 3. The maximum atomic E-state index is 15.3. The molecule has 12 nitrogen and oxygen atoms in total. The summed E-state index contributed by atoms with van der Waals surface area (Å²) >= 11 is 0. The maximum absolute atomic E-state index is 15.3. The molecule has 6 heterocycles. The van der Waals surface area contributed by atoms with Gasteiger partial charge in [-0.1, -0.05) is 50.6 Å². The van der Waals surface area contributed by atoms with Gasteiger partial charge in [-0.25, -0.2) is 4.79 Å². The zero-order valence-electron chi connectivity index (χ0n) is 34.9. The second-order valence-electron chi connectivity index (χ2n) is 18.0. The summed E-state index contributed by atoms with van der Waals surface area (Å²) in [5.41, 5.74) is -0.0554. The highest BCUT2D eigenvalue weighted by Crippen LogP contribution is 2.68. The van der Waals surface area contributed by atoms with Gasteiger partial charge in [-0.2, -0.15) is 0 Å². The Morgan fingerprint density at radius 2 is 1.76 bits per heavy atom. The first-order valence-electron chi connectivity index (χ1n) is 21.2. The first-order valence-corrected chi connectivity index (χ1v) is 21.2. The van der Waals surface area contributed by atoms with Crippen LogP contribution in [-0.4, -0.2) is 123 Å². The Kier molecular flexibility index (Phi) is 9.33. The van der Waals surface area contributed by atoms with Crippen molar-refractivity contribution in [1.29, 1.82) is 0 Å². The summed E-state index contributed by atoms with van der Waals surface area (Å²) in [5, 5.41) is 14.4. The van der Waals surface area contributed by atoms with Gasteiger partial charge in [-0.05, 0) is 73.7 Å². The second-order valence-corrected chi connectivity index (χ2v) is 18.0. The SMILES string of the molecule is CC[C@@H]1CC2CN(CCc3c([nH]c4ccccc34)C(C(=O)OC)(c3cc4c(cc3OC)N(C)[C@H]3[C@@](O)(C(=O)OC)[C@H](OC(C)=O)C5(CC)C=CCN6CC[C@]43[C@@H]65)C2)C1. The maximum Gasteiger partial charge on any atom is 0.344 e. The molecule has 5 aliphatic heterocycles. The first-order chi connectivity index (χ1) is 27.9. The van der Waals surface area contributed by atoms with Crippen LogP contribution in [0.4, 0.5) is 5.69 Å². The van der Waals surface area contributed by atoms with Crippen LogP contribution < -0.4 is 9.64 Å². The molecule has 2 N–H and O–H groups in total. The number of aromatic nitrogens is 1. The van der Waals surface area contributed by atoms with Gasteiger partial charge in [-0.3, -0.25) is 14.5 Å². The van der Waals surface area contributed by atoms with Crippen molar-refractivity contribution >= 4 is 34.5 Å². The Hall–Kier alpha value is -4.39. The highest BCUT2D eigenvalue weighted by molar-refractivity contribution is 5.95. The Morgan fingerprint density at radius 3 is 2.47 bits per heavy atom. The number of H-pyrrole nitrogens is 1. The van der Waals surface area contributed by atoms with Crippen LogP contribution in [0.25, 0.3) is 10.9 Å². The van der Waals surface area contributed by atoms with Gasteiger partial charge in [0.25, 0.3) is 0 Å². The molecule has 1 aliphatic carbocycles. The number of nitrogens with one attached hydrogen (secondary N) is 1. The van der Waals surface area contributed by atoms with E-state index in [9.17, 15) is 14.7 Å². The summed E-state index contributed by atoms with van der Waals surface area (Å²) in [6, 6.07) is 11.3. The van der Waals surface area contributed by atoms with Crippen molar-refractivity contribution in [2.24, 2.45) is 17.3 Å². The summed E-state index contributed by atoms with van der Waals surface area (Å²) in [7, 11) is 6.28. The predicted molar refractivity (Wildman–Crippen MR) is 219 cm³/mol. The molecular weight excluding hydrogens is 737 g/mol. The third kappa shape index (κ3) is 5.00. The van der Waals surface area contributed by atoms with Gasteiger partial charge >= 0.3 is 17.9 Å². The molecule has 3 aromatic rings. The number of benzene rings is 2. The lowest BCUT2D eigenvalue weighted by atomic mass is 9.47. The normalized spacial score (nSPS) is 36.1. The molecule has 2 aromatic carbocycles. The number of nitrogens with zero attached hydrogens (tertiary/aromatic N) is 3. The number of hydrogen-bond acceptors (Lipinski definition) is 11. The lowest BCUT2D eigenvalue weighted by Gasteiger charge is -2.63. The van der Waals surface area contributed by atoms with Gasteiger partial charge in [0.15, 0.2) is 6.10 Å².